The molecule has 104 valence electrons. The minimum Gasteiger partial charge on any atom is -0.363 e. The lowest BCUT2D eigenvalue weighted by atomic mass is 9.97. The summed E-state index contributed by atoms with van der Waals surface area (Å²) in [5, 5.41) is 3.66. The first kappa shape index (κ1) is 12.9. The molecule has 0 radical (unpaired) electrons. The molecule has 1 aromatic heterocycles. The molecule has 0 spiro atoms. The summed E-state index contributed by atoms with van der Waals surface area (Å²) < 4.78 is 0. The van der Waals surface area contributed by atoms with Crippen LogP contribution in [0.4, 0.5) is 5.82 Å². The Balaban J connectivity index is 1.64. The van der Waals surface area contributed by atoms with Gasteiger partial charge in [-0.15, -0.1) is 0 Å². The van der Waals surface area contributed by atoms with Crippen molar-refractivity contribution in [2.24, 2.45) is 5.92 Å². The van der Waals surface area contributed by atoms with Gasteiger partial charge < -0.3 is 10.2 Å². The number of hydrogen-bond donors (Lipinski definition) is 1. The Labute approximate surface area is 115 Å². The van der Waals surface area contributed by atoms with E-state index in [1.54, 1.807) is 0 Å². The second-order valence-electron chi connectivity index (χ2n) is 6.16. The van der Waals surface area contributed by atoms with Crippen LogP contribution in [0.25, 0.3) is 0 Å². The molecule has 2 atom stereocenters. The molecule has 3 saturated heterocycles. The summed E-state index contributed by atoms with van der Waals surface area (Å²) in [6.45, 7) is 4.67. The van der Waals surface area contributed by atoms with Gasteiger partial charge in [-0.2, -0.15) is 0 Å². The normalized spacial score (nSPS) is 27.3. The van der Waals surface area contributed by atoms with Crippen LogP contribution < -0.4 is 10.2 Å². The molecule has 3 fully saturated rings. The van der Waals surface area contributed by atoms with Crippen LogP contribution in [-0.4, -0.2) is 49.7 Å². The van der Waals surface area contributed by atoms with Crippen molar-refractivity contribution in [2.45, 2.75) is 25.4 Å². The highest BCUT2D eigenvalue weighted by Gasteiger charge is 2.28. The van der Waals surface area contributed by atoms with E-state index in [9.17, 15) is 0 Å². The predicted octanol–water partition coefficient (Wildman–Crippen LogP) is 1.33. The van der Waals surface area contributed by atoms with E-state index in [1.807, 2.05) is 25.2 Å². The van der Waals surface area contributed by atoms with Crippen LogP contribution in [0.1, 0.15) is 18.4 Å². The van der Waals surface area contributed by atoms with Crippen LogP contribution in [0.15, 0.2) is 18.3 Å². The van der Waals surface area contributed by atoms with Crippen molar-refractivity contribution in [1.29, 1.82) is 0 Å². The van der Waals surface area contributed by atoms with E-state index in [1.165, 1.54) is 38.0 Å². The quantitative estimate of drug-likeness (QED) is 0.888. The molecule has 3 aliphatic rings. The van der Waals surface area contributed by atoms with Crippen LogP contribution in [0.3, 0.4) is 0 Å². The third-order valence-corrected chi connectivity index (χ3v) is 4.29. The van der Waals surface area contributed by atoms with E-state index in [2.05, 4.69) is 27.3 Å². The van der Waals surface area contributed by atoms with Crippen LogP contribution in [-0.2, 0) is 6.54 Å². The largest absolute Gasteiger partial charge is 0.363 e. The highest BCUT2D eigenvalue weighted by molar-refractivity contribution is 5.37. The van der Waals surface area contributed by atoms with Crippen LogP contribution in [0.2, 0.25) is 0 Å². The van der Waals surface area contributed by atoms with Gasteiger partial charge in [0.05, 0.1) is 0 Å². The van der Waals surface area contributed by atoms with Gasteiger partial charge in [-0.25, -0.2) is 4.98 Å². The Morgan fingerprint density at radius 3 is 2.84 bits per heavy atom. The lowest BCUT2D eigenvalue weighted by Gasteiger charge is -2.23. The van der Waals surface area contributed by atoms with Gasteiger partial charge in [0.25, 0.3) is 0 Å². The lowest BCUT2D eigenvalue weighted by Crippen LogP contribution is -2.39. The second-order valence-corrected chi connectivity index (χ2v) is 6.16. The van der Waals surface area contributed by atoms with Crippen molar-refractivity contribution in [3.05, 3.63) is 23.9 Å². The zero-order valence-electron chi connectivity index (χ0n) is 12.0. The first-order valence-corrected chi connectivity index (χ1v) is 7.28. The third kappa shape index (κ3) is 3.07. The molecule has 4 rings (SSSR count). The monoisotopic (exact) mass is 260 g/mol. The topological polar surface area (TPSA) is 31.4 Å². The maximum Gasteiger partial charge on any atom is 0.127 e. The molecule has 3 aliphatic heterocycles. The second kappa shape index (κ2) is 5.47. The molecule has 0 amide bonds. The number of fused-ring (bicyclic) bond motifs is 4. The van der Waals surface area contributed by atoms with Gasteiger partial charge in [0, 0.05) is 46.0 Å². The highest BCUT2D eigenvalue weighted by atomic mass is 15.2. The summed E-state index contributed by atoms with van der Waals surface area (Å²) in [4.78, 5) is 9.14. The van der Waals surface area contributed by atoms with E-state index in [0.29, 0.717) is 6.04 Å². The number of nitrogens with one attached hydrogen (secondary N) is 1. The van der Waals surface area contributed by atoms with Gasteiger partial charge in [0.2, 0.25) is 0 Å². The first-order valence-electron chi connectivity index (χ1n) is 7.28. The number of piperidine rings is 1. The fourth-order valence-corrected chi connectivity index (χ4v) is 3.20. The molecule has 2 bridgehead atoms. The van der Waals surface area contributed by atoms with Gasteiger partial charge >= 0.3 is 0 Å². The smallest absolute Gasteiger partial charge is 0.127 e. The van der Waals surface area contributed by atoms with E-state index < -0.39 is 0 Å². The number of anilines is 1. The summed E-state index contributed by atoms with van der Waals surface area (Å²) in [7, 11) is 4.06. The molecule has 1 aromatic rings. The van der Waals surface area contributed by atoms with Gasteiger partial charge in [0.15, 0.2) is 0 Å². The molecule has 0 aliphatic carbocycles. The van der Waals surface area contributed by atoms with Gasteiger partial charge in [-0.1, -0.05) is 6.07 Å². The number of aromatic nitrogens is 1. The van der Waals surface area contributed by atoms with Crippen molar-refractivity contribution >= 4 is 5.82 Å². The van der Waals surface area contributed by atoms with Crippen molar-refractivity contribution in [2.75, 3.05) is 38.6 Å². The summed E-state index contributed by atoms with van der Waals surface area (Å²) in [5.41, 5.74) is 1.33. The van der Waals surface area contributed by atoms with Crippen molar-refractivity contribution < 1.29 is 0 Å². The highest BCUT2D eigenvalue weighted by Crippen LogP contribution is 2.22. The average molecular weight is 260 g/mol. The molecule has 0 saturated carbocycles. The molecule has 4 heterocycles. The maximum atomic E-state index is 4.50. The zero-order chi connectivity index (χ0) is 13.2. The Bertz CT molecular complexity index is 393. The van der Waals surface area contributed by atoms with Crippen molar-refractivity contribution in [3.8, 4) is 0 Å². The molecular weight excluding hydrogens is 236 g/mol. The SMILES string of the molecule is CN(C)c1ccc(CN2C[C@H]3CC[C@@H](C2)NC3)cn1. The zero-order valence-corrected chi connectivity index (χ0v) is 12.0. The molecule has 4 nitrogen and oxygen atoms in total. The van der Waals surface area contributed by atoms with Crippen LogP contribution in [0, 0.1) is 5.92 Å². The number of nitrogens with zero attached hydrogens (tertiary/aromatic N) is 3. The Morgan fingerprint density at radius 2 is 2.21 bits per heavy atom. The number of hydrogen-bond acceptors (Lipinski definition) is 4. The molecule has 1 N–H and O–H groups in total. The Kier molecular flexibility index (Phi) is 3.71. The van der Waals surface area contributed by atoms with Crippen molar-refractivity contribution in [3.63, 3.8) is 0 Å². The molecule has 19 heavy (non-hydrogen) atoms. The molecular formula is C15H24N4. The van der Waals surface area contributed by atoms with Crippen LogP contribution >= 0.6 is 0 Å². The standard InChI is InChI=1S/C15H24N4/c1-18(2)15-6-4-13(8-17-15)10-19-9-12-3-5-14(11-19)16-7-12/h4,6,8,12,14,16H,3,5,7,9-11H2,1-2H3/t12-,14-/m0/s1. The predicted molar refractivity (Wildman–Crippen MR) is 78.4 cm³/mol. The van der Waals surface area contributed by atoms with E-state index in [-0.39, 0.29) is 0 Å². The summed E-state index contributed by atoms with van der Waals surface area (Å²) >= 11 is 0. The molecule has 0 unspecified atom stereocenters. The number of rotatable bonds is 3. The maximum absolute atomic E-state index is 4.50. The Hall–Kier alpha value is -1.13. The Morgan fingerprint density at radius 1 is 1.32 bits per heavy atom. The molecule has 4 heteroatoms. The van der Waals surface area contributed by atoms with E-state index in [0.717, 1.165) is 18.3 Å². The molecule has 0 aromatic carbocycles. The van der Waals surface area contributed by atoms with Crippen molar-refractivity contribution in [1.82, 2.24) is 15.2 Å². The minimum atomic E-state index is 0.702. The summed E-state index contributed by atoms with van der Waals surface area (Å²) in [6, 6.07) is 5.02. The first-order chi connectivity index (χ1) is 9.20. The van der Waals surface area contributed by atoms with Gasteiger partial charge in [-0.3, -0.25) is 4.90 Å². The minimum absolute atomic E-state index is 0.702. The summed E-state index contributed by atoms with van der Waals surface area (Å²) in [5.74, 6) is 1.87. The fourth-order valence-electron chi connectivity index (χ4n) is 3.20. The van der Waals surface area contributed by atoms with E-state index in [4.69, 9.17) is 0 Å². The average Bonchev–Trinajstić information content (AvgIpc) is 2.71. The van der Waals surface area contributed by atoms with Gasteiger partial charge in [-0.05, 0) is 36.9 Å². The lowest BCUT2D eigenvalue weighted by molar-refractivity contribution is 0.256. The summed E-state index contributed by atoms with van der Waals surface area (Å²) in [6.07, 6.45) is 4.76. The fraction of sp³-hybridized carbons (Fsp3) is 0.667. The van der Waals surface area contributed by atoms with Crippen LogP contribution in [0.5, 0.6) is 0 Å². The number of pyridine rings is 1. The third-order valence-electron chi connectivity index (χ3n) is 4.29. The van der Waals surface area contributed by atoms with E-state index >= 15 is 0 Å². The van der Waals surface area contributed by atoms with Gasteiger partial charge in [0.1, 0.15) is 5.82 Å².